The summed E-state index contributed by atoms with van der Waals surface area (Å²) in [6.45, 7) is 4.08. The molecule has 0 fully saturated rings. The van der Waals surface area contributed by atoms with Crippen LogP contribution in [0.5, 0.6) is 11.5 Å². The van der Waals surface area contributed by atoms with Crippen LogP contribution in [0.15, 0.2) is 27.2 Å². The molecule has 0 atom stereocenters. The van der Waals surface area contributed by atoms with Crippen molar-refractivity contribution in [1.82, 2.24) is 15.3 Å². The first-order chi connectivity index (χ1) is 11.2. The molecular formula is C16H15N3O4. The van der Waals surface area contributed by atoms with E-state index in [2.05, 4.69) is 15.3 Å². The summed E-state index contributed by atoms with van der Waals surface area (Å²) in [5.41, 5.74) is 2.83. The molecule has 0 spiro atoms. The molecule has 3 aromatic rings. The molecule has 0 radical (unpaired) electrons. The number of fused-ring (bicyclic) bond motifs is 1. The van der Waals surface area contributed by atoms with E-state index in [1.165, 1.54) is 0 Å². The Morgan fingerprint density at radius 2 is 1.87 bits per heavy atom. The summed E-state index contributed by atoms with van der Waals surface area (Å²) < 4.78 is 21.2. The van der Waals surface area contributed by atoms with Crippen LogP contribution >= 0.6 is 0 Å². The first-order valence-corrected chi connectivity index (χ1v) is 7.35. The Kier molecular flexibility index (Phi) is 3.25. The lowest BCUT2D eigenvalue weighted by Gasteiger charge is -1.97. The molecule has 0 N–H and O–H groups in total. The van der Waals surface area contributed by atoms with E-state index < -0.39 is 0 Å². The third kappa shape index (κ3) is 2.54. The van der Waals surface area contributed by atoms with Gasteiger partial charge in [-0.1, -0.05) is 10.3 Å². The van der Waals surface area contributed by atoms with Gasteiger partial charge in [-0.15, -0.1) is 0 Å². The number of hydrogen-bond donors (Lipinski definition) is 0. The van der Waals surface area contributed by atoms with E-state index >= 15 is 0 Å². The minimum Gasteiger partial charge on any atom is -0.454 e. The molecule has 4 rings (SSSR count). The summed E-state index contributed by atoms with van der Waals surface area (Å²) in [5.74, 6) is 3.38. The fourth-order valence-corrected chi connectivity index (χ4v) is 2.60. The quantitative estimate of drug-likeness (QED) is 0.732. The SMILES string of the molecule is Cc1noc(C)c1CCc1nc(-c2ccc3c(c2)OCO3)no1. The summed E-state index contributed by atoms with van der Waals surface area (Å²) in [6.07, 6.45) is 1.39. The average Bonchev–Trinajstić information content (AvgIpc) is 3.26. The molecule has 0 saturated heterocycles. The summed E-state index contributed by atoms with van der Waals surface area (Å²) in [7, 11) is 0. The lowest BCUT2D eigenvalue weighted by Crippen LogP contribution is -1.94. The van der Waals surface area contributed by atoms with E-state index in [0.717, 1.165) is 34.8 Å². The predicted octanol–water partition coefficient (Wildman–Crippen LogP) is 2.86. The van der Waals surface area contributed by atoms with Crippen LogP contribution in [0.1, 0.15) is 22.9 Å². The standard InChI is InChI=1S/C16H15N3O4/c1-9-12(10(2)22-18-9)4-6-15-17-16(19-23-15)11-3-5-13-14(7-11)21-8-20-13/h3,5,7H,4,6,8H2,1-2H3. The third-order valence-electron chi connectivity index (χ3n) is 3.87. The van der Waals surface area contributed by atoms with Gasteiger partial charge in [-0.25, -0.2) is 0 Å². The third-order valence-corrected chi connectivity index (χ3v) is 3.87. The Labute approximate surface area is 132 Å². The van der Waals surface area contributed by atoms with E-state index in [1.807, 2.05) is 32.0 Å². The van der Waals surface area contributed by atoms with Crippen LogP contribution in [-0.4, -0.2) is 22.1 Å². The molecule has 23 heavy (non-hydrogen) atoms. The Hall–Kier alpha value is -2.83. The van der Waals surface area contributed by atoms with Gasteiger partial charge in [-0.2, -0.15) is 4.98 Å². The van der Waals surface area contributed by atoms with Crippen LogP contribution < -0.4 is 9.47 Å². The second kappa shape index (κ2) is 5.42. The molecule has 0 unspecified atom stereocenters. The number of aryl methyl sites for hydroxylation is 3. The van der Waals surface area contributed by atoms with Gasteiger partial charge in [0.15, 0.2) is 11.5 Å². The van der Waals surface area contributed by atoms with Crippen molar-refractivity contribution < 1.29 is 18.5 Å². The van der Waals surface area contributed by atoms with Crippen molar-refractivity contribution in [3.05, 3.63) is 41.1 Å². The fraction of sp³-hybridized carbons (Fsp3) is 0.312. The van der Waals surface area contributed by atoms with Gasteiger partial charge in [-0.3, -0.25) is 0 Å². The number of nitrogens with zero attached hydrogens (tertiary/aromatic N) is 3. The van der Waals surface area contributed by atoms with Crippen LogP contribution in [-0.2, 0) is 12.8 Å². The van der Waals surface area contributed by atoms with E-state index in [4.69, 9.17) is 18.5 Å². The maximum Gasteiger partial charge on any atom is 0.231 e. The van der Waals surface area contributed by atoms with Gasteiger partial charge in [0.1, 0.15) is 5.76 Å². The van der Waals surface area contributed by atoms with E-state index in [0.29, 0.717) is 23.9 Å². The Balaban J connectivity index is 1.51. The van der Waals surface area contributed by atoms with Crippen LogP contribution in [0.25, 0.3) is 11.4 Å². The molecule has 3 heterocycles. The van der Waals surface area contributed by atoms with Crippen molar-refractivity contribution in [3.63, 3.8) is 0 Å². The van der Waals surface area contributed by atoms with Crippen molar-refractivity contribution in [2.24, 2.45) is 0 Å². The highest BCUT2D eigenvalue weighted by Gasteiger charge is 2.17. The molecule has 0 saturated carbocycles. The lowest BCUT2D eigenvalue weighted by atomic mass is 10.1. The normalized spacial score (nSPS) is 12.8. The zero-order chi connectivity index (χ0) is 15.8. The smallest absolute Gasteiger partial charge is 0.231 e. The Bertz CT molecular complexity index is 833. The molecule has 1 aliphatic heterocycles. The van der Waals surface area contributed by atoms with Crippen molar-refractivity contribution in [2.75, 3.05) is 6.79 Å². The van der Waals surface area contributed by atoms with Gasteiger partial charge in [0, 0.05) is 17.5 Å². The second-order valence-electron chi connectivity index (χ2n) is 5.38. The van der Waals surface area contributed by atoms with Gasteiger partial charge in [-0.05, 0) is 38.5 Å². The number of benzene rings is 1. The van der Waals surface area contributed by atoms with Crippen molar-refractivity contribution in [3.8, 4) is 22.9 Å². The molecule has 0 amide bonds. The fourth-order valence-electron chi connectivity index (χ4n) is 2.60. The van der Waals surface area contributed by atoms with Gasteiger partial charge < -0.3 is 18.5 Å². The first kappa shape index (κ1) is 13.8. The van der Waals surface area contributed by atoms with Gasteiger partial charge >= 0.3 is 0 Å². The monoisotopic (exact) mass is 313 g/mol. The molecule has 7 nitrogen and oxygen atoms in total. The average molecular weight is 313 g/mol. The van der Waals surface area contributed by atoms with Gasteiger partial charge in [0.2, 0.25) is 18.5 Å². The minimum absolute atomic E-state index is 0.244. The lowest BCUT2D eigenvalue weighted by molar-refractivity contribution is 0.174. The zero-order valence-corrected chi connectivity index (χ0v) is 12.8. The molecule has 1 aromatic carbocycles. The Morgan fingerprint density at radius 3 is 2.70 bits per heavy atom. The number of rotatable bonds is 4. The highest BCUT2D eigenvalue weighted by atomic mass is 16.7. The summed E-state index contributed by atoms with van der Waals surface area (Å²) in [6, 6.07) is 5.58. The minimum atomic E-state index is 0.244. The zero-order valence-electron chi connectivity index (χ0n) is 12.8. The van der Waals surface area contributed by atoms with Gasteiger partial charge in [0.25, 0.3) is 0 Å². The van der Waals surface area contributed by atoms with E-state index in [-0.39, 0.29) is 6.79 Å². The highest BCUT2D eigenvalue weighted by Crippen LogP contribution is 2.35. The van der Waals surface area contributed by atoms with Crippen molar-refractivity contribution in [2.45, 2.75) is 26.7 Å². The molecular weight excluding hydrogens is 298 g/mol. The van der Waals surface area contributed by atoms with Crippen LogP contribution in [0, 0.1) is 13.8 Å². The number of aromatic nitrogens is 3. The summed E-state index contributed by atoms with van der Waals surface area (Å²) in [4.78, 5) is 4.44. The van der Waals surface area contributed by atoms with E-state index in [9.17, 15) is 0 Å². The van der Waals surface area contributed by atoms with Crippen molar-refractivity contribution >= 4 is 0 Å². The maximum absolute atomic E-state index is 5.36. The molecule has 1 aliphatic rings. The largest absolute Gasteiger partial charge is 0.454 e. The number of hydrogen-bond acceptors (Lipinski definition) is 7. The summed E-state index contributed by atoms with van der Waals surface area (Å²) in [5, 5.41) is 7.98. The predicted molar refractivity (Wildman–Crippen MR) is 79.2 cm³/mol. The summed E-state index contributed by atoms with van der Waals surface area (Å²) >= 11 is 0. The van der Waals surface area contributed by atoms with Crippen LogP contribution in [0.3, 0.4) is 0 Å². The van der Waals surface area contributed by atoms with Crippen LogP contribution in [0.2, 0.25) is 0 Å². The van der Waals surface area contributed by atoms with Gasteiger partial charge in [0.05, 0.1) is 5.69 Å². The highest BCUT2D eigenvalue weighted by molar-refractivity contribution is 5.61. The topological polar surface area (TPSA) is 83.4 Å². The molecule has 0 bridgehead atoms. The molecule has 118 valence electrons. The first-order valence-electron chi connectivity index (χ1n) is 7.35. The van der Waals surface area contributed by atoms with E-state index in [1.54, 1.807) is 0 Å². The van der Waals surface area contributed by atoms with Crippen molar-refractivity contribution in [1.29, 1.82) is 0 Å². The van der Waals surface area contributed by atoms with Crippen LogP contribution in [0.4, 0.5) is 0 Å². The molecule has 7 heteroatoms. The Morgan fingerprint density at radius 1 is 1.00 bits per heavy atom. The maximum atomic E-state index is 5.36. The number of ether oxygens (including phenoxy) is 2. The molecule has 0 aliphatic carbocycles. The second-order valence-corrected chi connectivity index (χ2v) is 5.38. The molecule has 2 aromatic heterocycles.